The molecular formula is C11H9N3O2. The fourth-order valence-electron chi connectivity index (χ4n) is 1.77. The van der Waals surface area contributed by atoms with Gasteiger partial charge in [-0.2, -0.15) is 5.26 Å². The molecule has 0 spiro atoms. The zero-order chi connectivity index (χ0) is 11.7. The molecule has 0 aromatic heterocycles. The van der Waals surface area contributed by atoms with Crippen LogP contribution >= 0.6 is 0 Å². The Labute approximate surface area is 92.1 Å². The van der Waals surface area contributed by atoms with Gasteiger partial charge in [-0.05, 0) is 17.2 Å². The van der Waals surface area contributed by atoms with Crippen LogP contribution in [-0.2, 0) is 22.6 Å². The van der Waals surface area contributed by atoms with Crippen LogP contribution in [0.4, 0.5) is 5.69 Å². The number of hydrogen-bond acceptors (Lipinski definition) is 4. The Balaban J connectivity index is 2.47. The van der Waals surface area contributed by atoms with Gasteiger partial charge in [0.25, 0.3) is 0 Å². The van der Waals surface area contributed by atoms with Crippen LogP contribution in [0.15, 0.2) is 18.2 Å². The van der Waals surface area contributed by atoms with E-state index in [9.17, 15) is 9.59 Å². The number of nitrogens with two attached hydrogens (primary N) is 1. The number of amides is 2. The normalized spacial score (nSPS) is 13.5. The van der Waals surface area contributed by atoms with Gasteiger partial charge in [0.05, 0.1) is 12.1 Å². The lowest BCUT2D eigenvalue weighted by Crippen LogP contribution is -2.32. The molecule has 1 aromatic carbocycles. The number of nitrogens with zero attached hydrogens (tertiary/aromatic N) is 2. The van der Waals surface area contributed by atoms with Crippen molar-refractivity contribution in [3.63, 3.8) is 0 Å². The van der Waals surface area contributed by atoms with Crippen LogP contribution < -0.4 is 10.6 Å². The molecule has 2 rings (SSSR count). The molecule has 1 aliphatic heterocycles. The first kappa shape index (κ1) is 10.3. The maximum Gasteiger partial charge on any atom is 0.336 e. The Morgan fingerprint density at radius 2 is 2.31 bits per heavy atom. The predicted octanol–water partition coefficient (Wildman–Crippen LogP) is 0.0846. The SMILES string of the molecule is N#CC(=O)N1C(=O)Cc2cc(CN)ccc21. The van der Waals surface area contributed by atoms with Crippen molar-refractivity contribution in [1.29, 1.82) is 5.26 Å². The van der Waals surface area contributed by atoms with Crippen molar-refractivity contribution in [3.05, 3.63) is 29.3 Å². The van der Waals surface area contributed by atoms with Crippen LogP contribution in [0.3, 0.4) is 0 Å². The summed E-state index contributed by atoms with van der Waals surface area (Å²) < 4.78 is 0. The lowest BCUT2D eigenvalue weighted by atomic mass is 10.1. The number of carbonyl (C=O) groups is 2. The van der Waals surface area contributed by atoms with Crippen LogP contribution in [0.2, 0.25) is 0 Å². The molecule has 2 amide bonds. The van der Waals surface area contributed by atoms with E-state index in [0.29, 0.717) is 12.2 Å². The number of anilines is 1. The van der Waals surface area contributed by atoms with Crippen molar-refractivity contribution in [2.75, 3.05) is 4.90 Å². The molecule has 80 valence electrons. The molecule has 0 aliphatic carbocycles. The van der Waals surface area contributed by atoms with Crippen LogP contribution in [0.1, 0.15) is 11.1 Å². The monoisotopic (exact) mass is 215 g/mol. The summed E-state index contributed by atoms with van der Waals surface area (Å²) in [5.41, 5.74) is 7.62. The summed E-state index contributed by atoms with van der Waals surface area (Å²) >= 11 is 0. The van der Waals surface area contributed by atoms with E-state index in [-0.39, 0.29) is 12.3 Å². The summed E-state index contributed by atoms with van der Waals surface area (Å²) in [6, 6.07) is 6.63. The van der Waals surface area contributed by atoms with E-state index in [1.165, 1.54) is 6.07 Å². The molecule has 0 fully saturated rings. The van der Waals surface area contributed by atoms with Crippen molar-refractivity contribution in [2.45, 2.75) is 13.0 Å². The molecular weight excluding hydrogens is 206 g/mol. The first-order chi connectivity index (χ1) is 7.67. The average molecular weight is 215 g/mol. The third-order valence-electron chi connectivity index (χ3n) is 2.51. The van der Waals surface area contributed by atoms with Crippen molar-refractivity contribution < 1.29 is 9.59 Å². The quantitative estimate of drug-likeness (QED) is 0.672. The highest BCUT2D eigenvalue weighted by Gasteiger charge is 2.32. The number of hydrogen-bond donors (Lipinski definition) is 1. The van der Waals surface area contributed by atoms with Gasteiger partial charge in [-0.3, -0.25) is 9.59 Å². The fourth-order valence-corrected chi connectivity index (χ4v) is 1.77. The van der Waals surface area contributed by atoms with Gasteiger partial charge in [-0.15, -0.1) is 0 Å². The van der Waals surface area contributed by atoms with E-state index in [2.05, 4.69) is 0 Å². The third-order valence-corrected chi connectivity index (χ3v) is 2.51. The molecule has 5 heteroatoms. The van der Waals surface area contributed by atoms with Crippen molar-refractivity contribution in [3.8, 4) is 6.07 Å². The van der Waals surface area contributed by atoms with Gasteiger partial charge in [0, 0.05) is 6.54 Å². The molecule has 0 saturated carbocycles. The number of imide groups is 1. The smallest absolute Gasteiger partial charge is 0.326 e. The van der Waals surface area contributed by atoms with E-state index in [1.54, 1.807) is 18.2 Å². The zero-order valence-electron chi connectivity index (χ0n) is 8.43. The number of benzene rings is 1. The number of nitriles is 1. The number of carbonyl (C=O) groups excluding carboxylic acids is 2. The minimum Gasteiger partial charge on any atom is -0.326 e. The minimum absolute atomic E-state index is 0.149. The maximum absolute atomic E-state index is 11.6. The van der Waals surface area contributed by atoms with Gasteiger partial charge >= 0.3 is 5.91 Å². The second kappa shape index (κ2) is 3.76. The van der Waals surface area contributed by atoms with Gasteiger partial charge in [-0.25, -0.2) is 4.90 Å². The highest BCUT2D eigenvalue weighted by molar-refractivity contribution is 6.23. The molecule has 1 heterocycles. The van der Waals surface area contributed by atoms with Gasteiger partial charge < -0.3 is 5.73 Å². The maximum atomic E-state index is 11.6. The van der Waals surface area contributed by atoms with Crippen molar-refractivity contribution in [1.82, 2.24) is 0 Å². The first-order valence-corrected chi connectivity index (χ1v) is 4.76. The molecule has 0 bridgehead atoms. The summed E-state index contributed by atoms with van der Waals surface area (Å²) in [7, 11) is 0. The Morgan fingerprint density at radius 1 is 1.56 bits per heavy atom. The molecule has 5 nitrogen and oxygen atoms in total. The highest BCUT2D eigenvalue weighted by atomic mass is 16.2. The van der Waals surface area contributed by atoms with E-state index in [4.69, 9.17) is 11.0 Å². The van der Waals surface area contributed by atoms with Gasteiger partial charge in [0.1, 0.15) is 0 Å². The van der Waals surface area contributed by atoms with Crippen molar-refractivity contribution >= 4 is 17.5 Å². The van der Waals surface area contributed by atoms with Gasteiger partial charge in [-0.1, -0.05) is 12.1 Å². The molecule has 0 saturated heterocycles. The second-order valence-corrected chi connectivity index (χ2v) is 3.49. The average Bonchev–Trinajstić information content (AvgIpc) is 2.62. The molecule has 1 aliphatic rings. The topological polar surface area (TPSA) is 87.2 Å². The first-order valence-electron chi connectivity index (χ1n) is 4.76. The summed E-state index contributed by atoms with van der Waals surface area (Å²) in [5.74, 6) is -1.21. The summed E-state index contributed by atoms with van der Waals surface area (Å²) in [5, 5.41) is 8.53. The fraction of sp³-hybridized carbons (Fsp3) is 0.182. The van der Waals surface area contributed by atoms with E-state index < -0.39 is 5.91 Å². The molecule has 0 radical (unpaired) electrons. The molecule has 2 N–H and O–H groups in total. The molecule has 0 atom stereocenters. The minimum atomic E-state index is -0.843. The van der Waals surface area contributed by atoms with Crippen LogP contribution in [0, 0.1) is 11.3 Å². The number of fused-ring (bicyclic) bond motifs is 1. The highest BCUT2D eigenvalue weighted by Crippen LogP contribution is 2.29. The molecule has 0 unspecified atom stereocenters. The lowest BCUT2D eigenvalue weighted by molar-refractivity contribution is -0.122. The van der Waals surface area contributed by atoms with Gasteiger partial charge in [0.2, 0.25) is 5.91 Å². The lowest BCUT2D eigenvalue weighted by Gasteiger charge is -2.10. The largest absolute Gasteiger partial charge is 0.336 e. The second-order valence-electron chi connectivity index (χ2n) is 3.49. The van der Waals surface area contributed by atoms with Crippen LogP contribution in [0.5, 0.6) is 0 Å². The van der Waals surface area contributed by atoms with Gasteiger partial charge in [0.15, 0.2) is 6.07 Å². The van der Waals surface area contributed by atoms with Crippen LogP contribution in [-0.4, -0.2) is 11.8 Å². The Bertz CT molecular complexity index is 516. The number of rotatable bonds is 1. The van der Waals surface area contributed by atoms with E-state index >= 15 is 0 Å². The zero-order valence-corrected chi connectivity index (χ0v) is 8.43. The van der Waals surface area contributed by atoms with Crippen LogP contribution in [0.25, 0.3) is 0 Å². The standard InChI is InChI=1S/C11H9N3O2/c12-5-7-1-2-9-8(3-7)4-10(15)14(9)11(16)6-13/h1-3H,4-5,12H2. The summed E-state index contributed by atoms with van der Waals surface area (Å²) in [6.45, 7) is 0.383. The van der Waals surface area contributed by atoms with E-state index in [1.807, 2.05) is 0 Å². The Kier molecular flexibility index (Phi) is 2.43. The predicted molar refractivity (Wildman–Crippen MR) is 56.1 cm³/mol. The molecule has 16 heavy (non-hydrogen) atoms. The van der Waals surface area contributed by atoms with Crippen molar-refractivity contribution in [2.24, 2.45) is 5.73 Å². The molecule has 1 aromatic rings. The Morgan fingerprint density at radius 3 is 2.94 bits per heavy atom. The summed E-state index contributed by atoms with van der Waals surface area (Å²) in [4.78, 5) is 23.7. The summed E-state index contributed by atoms with van der Waals surface area (Å²) in [6.07, 6.45) is 0.149. The Hall–Kier alpha value is -2.19. The van der Waals surface area contributed by atoms with E-state index in [0.717, 1.165) is 16.0 Å². The third kappa shape index (κ3) is 1.45.